The highest BCUT2D eigenvalue weighted by Crippen LogP contribution is 2.21. The van der Waals surface area contributed by atoms with Crippen LogP contribution < -0.4 is 10.1 Å². The highest BCUT2D eigenvalue weighted by Gasteiger charge is 2.07. The van der Waals surface area contributed by atoms with E-state index in [-0.39, 0.29) is 18.3 Å². The molecule has 140 valence electrons. The second kappa shape index (κ2) is 9.23. The van der Waals surface area contributed by atoms with Gasteiger partial charge in [0, 0.05) is 23.8 Å². The first-order chi connectivity index (χ1) is 13.2. The normalized spacial score (nSPS) is 10.6. The number of carbonyl (C=O) groups excluding carboxylic acids is 1. The maximum Gasteiger partial charge on any atom is 0.230 e. The second-order valence-electron chi connectivity index (χ2n) is 5.73. The molecule has 0 aliphatic carbocycles. The molecule has 1 N–H and O–H groups in total. The van der Waals surface area contributed by atoms with Gasteiger partial charge in [-0.25, -0.2) is 9.37 Å². The molecule has 1 heterocycles. The van der Waals surface area contributed by atoms with Crippen LogP contribution in [-0.4, -0.2) is 27.8 Å². The van der Waals surface area contributed by atoms with E-state index < -0.39 is 0 Å². The first kappa shape index (κ1) is 19.0. The fourth-order valence-corrected chi connectivity index (χ4v) is 3.20. The van der Waals surface area contributed by atoms with Crippen molar-refractivity contribution in [1.29, 1.82) is 0 Å². The van der Waals surface area contributed by atoms with Crippen molar-refractivity contribution >= 4 is 17.7 Å². The summed E-state index contributed by atoms with van der Waals surface area (Å²) in [4.78, 5) is 16.9. The van der Waals surface area contributed by atoms with Crippen molar-refractivity contribution in [3.8, 4) is 11.4 Å². The molecule has 7 heteroatoms. The molecule has 0 atom stereocenters. The first-order valence-corrected chi connectivity index (χ1v) is 9.53. The zero-order chi connectivity index (χ0) is 19.1. The Bertz CT molecular complexity index is 883. The second-order valence-corrected chi connectivity index (χ2v) is 6.77. The number of hydrogen-bond acceptors (Lipinski definition) is 4. The monoisotopic (exact) mass is 385 g/mol. The summed E-state index contributed by atoms with van der Waals surface area (Å²) in [7, 11) is 0. The minimum atomic E-state index is -0.358. The highest BCUT2D eigenvalue weighted by molar-refractivity contribution is 8.00. The Morgan fingerprint density at radius 1 is 1.26 bits per heavy atom. The van der Waals surface area contributed by atoms with E-state index >= 15 is 0 Å². The van der Waals surface area contributed by atoms with Gasteiger partial charge in [0.05, 0.1) is 24.4 Å². The molecule has 0 unspecified atom stereocenters. The van der Waals surface area contributed by atoms with Crippen LogP contribution in [0.3, 0.4) is 0 Å². The molecule has 3 rings (SSSR count). The minimum absolute atomic E-state index is 0.104. The van der Waals surface area contributed by atoms with Crippen LogP contribution in [-0.2, 0) is 11.3 Å². The lowest BCUT2D eigenvalue weighted by Crippen LogP contribution is -2.24. The van der Waals surface area contributed by atoms with Crippen molar-refractivity contribution in [3.05, 3.63) is 72.6 Å². The summed E-state index contributed by atoms with van der Waals surface area (Å²) in [5, 5.41) is 2.81. The average molecular weight is 385 g/mol. The topological polar surface area (TPSA) is 56.1 Å². The van der Waals surface area contributed by atoms with Crippen molar-refractivity contribution in [3.63, 3.8) is 0 Å². The lowest BCUT2D eigenvalue weighted by atomic mass is 10.2. The van der Waals surface area contributed by atoms with Gasteiger partial charge < -0.3 is 14.6 Å². The van der Waals surface area contributed by atoms with E-state index in [4.69, 9.17) is 4.74 Å². The molecule has 1 amide bonds. The van der Waals surface area contributed by atoms with Crippen molar-refractivity contribution in [2.24, 2.45) is 0 Å². The number of rotatable bonds is 8. The molecule has 0 bridgehead atoms. The quantitative estimate of drug-likeness (QED) is 0.599. The van der Waals surface area contributed by atoms with E-state index in [9.17, 15) is 9.18 Å². The molecular formula is C20H20FN3O2S. The molecule has 0 fully saturated rings. The smallest absolute Gasteiger partial charge is 0.230 e. The third-order valence-electron chi connectivity index (χ3n) is 3.79. The number of aromatic nitrogens is 2. The van der Waals surface area contributed by atoms with Gasteiger partial charge in [0.2, 0.25) is 5.91 Å². The van der Waals surface area contributed by atoms with Gasteiger partial charge in [-0.05, 0) is 48.9 Å². The van der Waals surface area contributed by atoms with Crippen LogP contribution in [0.15, 0.2) is 66.1 Å². The molecular weight excluding hydrogens is 365 g/mol. The fourth-order valence-electron chi connectivity index (χ4n) is 2.47. The van der Waals surface area contributed by atoms with E-state index in [2.05, 4.69) is 10.3 Å². The lowest BCUT2D eigenvalue weighted by Gasteiger charge is -2.09. The summed E-state index contributed by atoms with van der Waals surface area (Å²) in [6.07, 6.45) is 4.81. The predicted octanol–water partition coefficient (Wildman–Crippen LogP) is 3.82. The van der Waals surface area contributed by atoms with Crippen LogP contribution in [0, 0.1) is 5.82 Å². The summed E-state index contributed by atoms with van der Waals surface area (Å²) in [6, 6.07) is 12.5. The summed E-state index contributed by atoms with van der Waals surface area (Å²) in [6.45, 7) is 2.84. The number of ether oxygens (including phenoxy) is 1. The Balaban J connectivity index is 1.48. The first-order valence-electron chi connectivity index (χ1n) is 8.55. The van der Waals surface area contributed by atoms with Gasteiger partial charge in [-0.15, -0.1) is 11.8 Å². The van der Waals surface area contributed by atoms with Gasteiger partial charge >= 0.3 is 0 Å². The number of halogens is 1. The van der Waals surface area contributed by atoms with E-state index in [1.54, 1.807) is 29.1 Å². The third kappa shape index (κ3) is 5.34. The number of amides is 1. The highest BCUT2D eigenvalue weighted by atomic mass is 32.2. The van der Waals surface area contributed by atoms with Crippen LogP contribution in [0.25, 0.3) is 5.69 Å². The minimum Gasteiger partial charge on any atom is -0.494 e. The van der Waals surface area contributed by atoms with Gasteiger partial charge in [0.1, 0.15) is 11.6 Å². The van der Waals surface area contributed by atoms with Gasteiger partial charge in [-0.3, -0.25) is 4.79 Å². The molecule has 0 radical (unpaired) electrons. The van der Waals surface area contributed by atoms with Crippen molar-refractivity contribution in [2.75, 3.05) is 12.4 Å². The Kier molecular flexibility index (Phi) is 6.49. The largest absolute Gasteiger partial charge is 0.494 e. The van der Waals surface area contributed by atoms with Gasteiger partial charge in [-0.1, -0.05) is 6.07 Å². The Hall–Kier alpha value is -2.80. The molecule has 27 heavy (non-hydrogen) atoms. The number of nitrogens with zero attached hydrogens (tertiary/aromatic N) is 2. The Morgan fingerprint density at radius 2 is 2.07 bits per heavy atom. The van der Waals surface area contributed by atoms with E-state index in [1.807, 2.05) is 31.2 Å². The number of hydrogen-bond donors (Lipinski definition) is 1. The SMILES string of the molecule is CCOc1ccc(SCC(=O)NCc2ccc(-n3ccnc3)c(F)c2)cc1. The number of imidazole rings is 1. The third-order valence-corrected chi connectivity index (χ3v) is 4.80. The molecule has 2 aromatic carbocycles. The van der Waals surface area contributed by atoms with E-state index in [0.717, 1.165) is 10.6 Å². The van der Waals surface area contributed by atoms with E-state index in [0.29, 0.717) is 23.6 Å². The molecule has 1 aromatic heterocycles. The summed E-state index contributed by atoms with van der Waals surface area (Å²) < 4.78 is 21.2. The van der Waals surface area contributed by atoms with Crippen molar-refractivity contribution in [1.82, 2.24) is 14.9 Å². The standard InChI is InChI=1S/C20H20FN3O2S/c1-2-26-16-4-6-17(7-5-16)27-13-20(25)23-12-15-3-8-19(18(21)11-15)24-10-9-22-14-24/h3-11,14H,2,12-13H2,1H3,(H,23,25). The van der Waals surface area contributed by atoms with Crippen molar-refractivity contribution < 1.29 is 13.9 Å². The molecule has 0 aliphatic rings. The van der Waals surface area contributed by atoms with Crippen LogP contribution in [0.4, 0.5) is 4.39 Å². The average Bonchev–Trinajstić information content (AvgIpc) is 3.20. The lowest BCUT2D eigenvalue weighted by molar-refractivity contribution is -0.118. The maximum atomic E-state index is 14.2. The molecule has 5 nitrogen and oxygen atoms in total. The number of nitrogens with one attached hydrogen (secondary N) is 1. The summed E-state index contributed by atoms with van der Waals surface area (Å²) >= 11 is 1.44. The maximum absolute atomic E-state index is 14.2. The molecule has 0 spiro atoms. The Labute approximate surface area is 161 Å². The van der Waals surface area contributed by atoms with Crippen LogP contribution in [0.2, 0.25) is 0 Å². The molecule has 0 saturated heterocycles. The predicted molar refractivity (Wildman–Crippen MR) is 104 cm³/mol. The van der Waals surface area contributed by atoms with E-state index in [1.165, 1.54) is 24.2 Å². The van der Waals surface area contributed by atoms with Crippen LogP contribution >= 0.6 is 11.8 Å². The fraction of sp³-hybridized carbons (Fsp3) is 0.200. The number of benzene rings is 2. The Morgan fingerprint density at radius 3 is 2.74 bits per heavy atom. The number of thioether (sulfide) groups is 1. The van der Waals surface area contributed by atoms with Gasteiger partial charge in [0.15, 0.2) is 0 Å². The zero-order valence-corrected chi connectivity index (χ0v) is 15.7. The van der Waals surface area contributed by atoms with Crippen molar-refractivity contribution in [2.45, 2.75) is 18.4 Å². The van der Waals surface area contributed by atoms with Gasteiger partial charge in [0.25, 0.3) is 0 Å². The molecule has 0 saturated carbocycles. The number of carbonyl (C=O) groups is 1. The van der Waals surface area contributed by atoms with Gasteiger partial charge in [-0.2, -0.15) is 0 Å². The zero-order valence-electron chi connectivity index (χ0n) is 14.9. The van der Waals surface area contributed by atoms with Crippen LogP contribution in [0.1, 0.15) is 12.5 Å². The molecule has 3 aromatic rings. The summed E-state index contributed by atoms with van der Waals surface area (Å²) in [5.74, 6) is 0.646. The van der Waals surface area contributed by atoms with Crippen LogP contribution in [0.5, 0.6) is 5.75 Å². The summed E-state index contributed by atoms with van der Waals surface area (Å²) in [5.41, 5.74) is 1.13. The molecule has 0 aliphatic heterocycles.